The SMILES string of the molecule is CC(CCN)C(=O)c1cccc2ccccc12. The monoisotopic (exact) mass is 227 g/mol. The number of hydrogen-bond acceptors (Lipinski definition) is 2. The molecule has 0 aliphatic heterocycles. The Balaban J connectivity index is 2.45. The fraction of sp³-hybridized carbons (Fsp3) is 0.267. The van der Waals surface area contributed by atoms with E-state index < -0.39 is 0 Å². The molecule has 2 aromatic carbocycles. The summed E-state index contributed by atoms with van der Waals surface area (Å²) in [5, 5.41) is 2.14. The highest BCUT2D eigenvalue weighted by Crippen LogP contribution is 2.22. The zero-order valence-electron chi connectivity index (χ0n) is 10.0. The number of ketones is 1. The van der Waals surface area contributed by atoms with Crippen LogP contribution in [-0.2, 0) is 0 Å². The molecule has 0 heterocycles. The summed E-state index contributed by atoms with van der Waals surface area (Å²) >= 11 is 0. The molecule has 0 amide bonds. The number of carbonyl (C=O) groups is 1. The lowest BCUT2D eigenvalue weighted by Crippen LogP contribution is -2.15. The Morgan fingerprint density at radius 2 is 1.88 bits per heavy atom. The molecule has 2 nitrogen and oxygen atoms in total. The van der Waals surface area contributed by atoms with Crippen molar-refractivity contribution in [2.75, 3.05) is 6.54 Å². The number of carbonyl (C=O) groups excluding carboxylic acids is 1. The van der Waals surface area contributed by atoms with Gasteiger partial charge in [-0.3, -0.25) is 4.79 Å². The zero-order valence-corrected chi connectivity index (χ0v) is 10.0. The summed E-state index contributed by atoms with van der Waals surface area (Å²) in [7, 11) is 0. The fourth-order valence-corrected chi connectivity index (χ4v) is 2.09. The quantitative estimate of drug-likeness (QED) is 0.816. The third-order valence-corrected chi connectivity index (χ3v) is 3.10. The number of rotatable bonds is 4. The van der Waals surface area contributed by atoms with Crippen LogP contribution in [-0.4, -0.2) is 12.3 Å². The minimum atomic E-state index is -0.00851. The predicted molar refractivity (Wildman–Crippen MR) is 71.1 cm³/mol. The Bertz CT molecular complexity index is 528. The normalized spacial score (nSPS) is 12.6. The van der Waals surface area contributed by atoms with Gasteiger partial charge in [0.15, 0.2) is 5.78 Å². The molecule has 2 heteroatoms. The van der Waals surface area contributed by atoms with Crippen molar-refractivity contribution in [3.63, 3.8) is 0 Å². The maximum absolute atomic E-state index is 12.3. The van der Waals surface area contributed by atoms with Crippen LogP contribution in [0.2, 0.25) is 0 Å². The highest BCUT2D eigenvalue weighted by molar-refractivity contribution is 6.08. The molecule has 0 aliphatic carbocycles. The Hall–Kier alpha value is -1.67. The Morgan fingerprint density at radius 1 is 1.18 bits per heavy atom. The van der Waals surface area contributed by atoms with E-state index in [9.17, 15) is 4.79 Å². The summed E-state index contributed by atoms with van der Waals surface area (Å²) in [5.74, 6) is 0.179. The van der Waals surface area contributed by atoms with E-state index in [2.05, 4.69) is 0 Å². The van der Waals surface area contributed by atoms with E-state index in [4.69, 9.17) is 5.73 Å². The minimum absolute atomic E-state index is 0.00851. The van der Waals surface area contributed by atoms with Crippen molar-refractivity contribution < 1.29 is 4.79 Å². The van der Waals surface area contributed by atoms with Gasteiger partial charge in [-0.05, 0) is 23.7 Å². The molecule has 0 spiro atoms. The molecule has 17 heavy (non-hydrogen) atoms. The Kier molecular flexibility index (Phi) is 3.55. The molecule has 0 aliphatic rings. The van der Waals surface area contributed by atoms with Crippen molar-refractivity contribution in [2.24, 2.45) is 11.7 Å². The molecule has 2 rings (SSSR count). The van der Waals surface area contributed by atoms with Crippen molar-refractivity contribution in [1.29, 1.82) is 0 Å². The highest BCUT2D eigenvalue weighted by atomic mass is 16.1. The molecule has 0 fully saturated rings. The summed E-state index contributed by atoms with van der Waals surface area (Å²) in [4.78, 5) is 12.3. The fourth-order valence-electron chi connectivity index (χ4n) is 2.09. The van der Waals surface area contributed by atoms with Crippen molar-refractivity contribution in [3.8, 4) is 0 Å². The lowest BCUT2D eigenvalue weighted by Gasteiger charge is -2.11. The molecular formula is C15H17NO. The lowest BCUT2D eigenvalue weighted by molar-refractivity contribution is 0.0927. The van der Waals surface area contributed by atoms with Gasteiger partial charge in [0.25, 0.3) is 0 Å². The topological polar surface area (TPSA) is 43.1 Å². The third kappa shape index (κ3) is 2.37. The van der Waals surface area contributed by atoms with Crippen LogP contribution < -0.4 is 5.73 Å². The Labute approximate surface area is 101 Å². The van der Waals surface area contributed by atoms with Crippen LogP contribution in [0.5, 0.6) is 0 Å². The van der Waals surface area contributed by atoms with Crippen LogP contribution in [0.4, 0.5) is 0 Å². The smallest absolute Gasteiger partial charge is 0.166 e. The first-order valence-electron chi connectivity index (χ1n) is 5.96. The number of hydrogen-bond donors (Lipinski definition) is 1. The van der Waals surface area contributed by atoms with Crippen LogP contribution in [0.15, 0.2) is 42.5 Å². The summed E-state index contributed by atoms with van der Waals surface area (Å²) in [6, 6.07) is 13.8. The number of nitrogens with two attached hydrogens (primary N) is 1. The van der Waals surface area contributed by atoms with Crippen molar-refractivity contribution >= 4 is 16.6 Å². The molecule has 0 bridgehead atoms. The molecule has 2 N–H and O–H groups in total. The third-order valence-electron chi connectivity index (χ3n) is 3.10. The van der Waals surface area contributed by atoms with E-state index in [1.807, 2.05) is 49.4 Å². The van der Waals surface area contributed by atoms with Gasteiger partial charge >= 0.3 is 0 Å². The first-order chi connectivity index (χ1) is 8.24. The molecule has 1 atom stereocenters. The summed E-state index contributed by atoms with van der Waals surface area (Å²) in [5.41, 5.74) is 6.32. The molecule has 0 radical (unpaired) electrons. The molecule has 0 saturated heterocycles. The van der Waals surface area contributed by atoms with Crippen molar-refractivity contribution in [2.45, 2.75) is 13.3 Å². The van der Waals surface area contributed by atoms with Crippen LogP contribution in [0.1, 0.15) is 23.7 Å². The first kappa shape index (κ1) is 11.8. The minimum Gasteiger partial charge on any atom is -0.330 e. The average Bonchev–Trinajstić information content (AvgIpc) is 2.37. The predicted octanol–water partition coefficient (Wildman–Crippen LogP) is 3.01. The van der Waals surface area contributed by atoms with Gasteiger partial charge in [-0.2, -0.15) is 0 Å². The van der Waals surface area contributed by atoms with Crippen LogP contribution in [0.3, 0.4) is 0 Å². The molecule has 0 saturated carbocycles. The van der Waals surface area contributed by atoms with Crippen molar-refractivity contribution in [3.05, 3.63) is 48.0 Å². The molecule has 2 aromatic rings. The van der Waals surface area contributed by atoms with Gasteiger partial charge in [0.05, 0.1) is 0 Å². The van der Waals surface area contributed by atoms with E-state index >= 15 is 0 Å². The lowest BCUT2D eigenvalue weighted by atomic mass is 9.93. The average molecular weight is 227 g/mol. The van der Waals surface area contributed by atoms with Crippen LogP contribution >= 0.6 is 0 Å². The van der Waals surface area contributed by atoms with Gasteiger partial charge in [0.2, 0.25) is 0 Å². The number of fused-ring (bicyclic) bond motifs is 1. The first-order valence-corrected chi connectivity index (χ1v) is 5.96. The van der Waals surface area contributed by atoms with Gasteiger partial charge in [0, 0.05) is 11.5 Å². The second kappa shape index (κ2) is 5.11. The van der Waals surface area contributed by atoms with E-state index in [1.165, 1.54) is 0 Å². The van der Waals surface area contributed by atoms with Gasteiger partial charge in [-0.25, -0.2) is 0 Å². The molecule has 88 valence electrons. The van der Waals surface area contributed by atoms with Crippen LogP contribution in [0, 0.1) is 5.92 Å². The zero-order chi connectivity index (χ0) is 12.3. The maximum atomic E-state index is 12.3. The second-order valence-electron chi connectivity index (χ2n) is 4.37. The summed E-state index contributed by atoms with van der Waals surface area (Å²) < 4.78 is 0. The van der Waals surface area contributed by atoms with E-state index in [-0.39, 0.29) is 11.7 Å². The number of Topliss-reactive ketones (excluding diaryl/α,β-unsaturated/α-hetero) is 1. The molecule has 0 aromatic heterocycles. The van der Waals surface area contributed by atoms with E-state index in [0.717, 1.165) is 22.8 Å². The van der Waals surface area contributed by atoms with Gasteiger partial charge < -0.3 is 5.73 Å². The highest BCUT2D eigenvalue weighted by Gasteiger charge is 2.16. The molecular weight excluding hydrogens is 210 g/mol. The number of benzene rings is 2. The summed E-state index contributed by atoms with van der Waals surface area (Å²) in [6.07, 6.45) is 0.738. The summed E-state index contributed by atoms with van der Waals surface area (Å²) in [6.45, 7) is 2.49. The standard InChI is InChI=1S/C15H17NO/c1-11(9-10-16)15(17)14-8-4-6-12-5-2-3-7-13(12)14/h2-8,11H,9-10,16H2,1H3. The van der Waals surface area contributed by atoms with Gasteiger partial charge in [-0.15, -0.1) is 0 Å². The van der Waals surface area contributed by atoms with E-state index in [0.29, 0.717) is 6.54 Å². The van der Waals surface area contributed by atoms with Crippen molar-refractivity contribution in [1.82, 2.24) is 0 Å². The van der Waals surface area contributed by atoms with E-state index in [1.54, 1.807) is 0 Å². The van der Waals surface area contributed by atoms with Gasteiger partial charge in [-0.1, -0.05) is 49.4 Å². The Morgan fingerprint density at radius 3 is 2.65 bits per heavy atom. The maximum Gasteiger partial charge on any atom is 0.166 e. The van der Waals surface area contributed by atoms with Gasteiger partial charge in [0.1, 0.15) is 0 Å². The second-order valence-corrected chi connectivity index (χ2v) is 4.37. The largest absolute Gasteiger partial charge is 0.330 e. The van der Waals surface area contributed by atoms with Crippen LogP contribution in [0.25, 0.3) is 10.8 Å². The molecule has 1 unspecified atom stereocenters.